The third-order valence-electron chi connectivity index (χ3n) is 5.89. The van der Waals surface area contributed by atoms with Gasteiger partial charge in [-0.3, -0.25) is 4.79 Å². The highest BCUT2D eigenvalue weighted by Gasteiger charge is 2.35. The summed E-state index contributed by atoms with van der Waals surface area (Å²) in [4.78, 5) is 13.2. The lowest BCUT2D eigenvalue weighted by atomic mass is 9.70. The van der Waals surface area contributed by atoms with Crippen LogP contribution < -0.4 is 11.1 Å². The number of amides is 1. The molecule has 3 atom stereocenters. The van der Waals surface area contributed by atoms with E-state index in [0.717, 1.165) is 24.1 Å². The predicted molar refractivity (Wildman–Crippen MR) is 112 cm³/mol. The van der Waals surface area contributed by atoms with E-state index in [2.05, 4.69) is 31.2 Å². The maximum Gasteiger partial charge on any atom is 0.228 e. The molecule has 0 aliphatic heterocycles. The number of hydrogen-bond donors (Lipinski definition) is 3. The van der Waals surface area contributed by atoms with Gasteiger partial charge in [-0.15, -0.1) is 0 Å². The highest BCUT2D eigenvalue weighted by Crippen LogP contribution is 2.38. The normalized spacial score (nSPS) is 22.4. The molecule has 6 nitrogen and oxygen atoms in total. The molecule has 1 heterocycles. The maximum absolute atomic E-state index is 13.2. The van der Waals surface area contributed by atoms with Gasteiger partial charge in [0.15, 0.2) is 0 Å². The molecule has 1 aromatic heterocycles. The Hall–Kier alpha value is -2.34. The number of carbonyl (C=O) groups excluding carboxylic acids is 1. The first-order valence-corrected chi connectivity index (χ1v) is 10.3. The zero-order chi connectivity index (χ0) is 20.3. The summed E-state index contributed by atoms with van der Waals surface area (Å²) in [6.45, 7) is 7.63. The van der Waals surface area contributed by atoms with Gasteiger partial charge in [-0.25, -0.2) is 4.68 Å². The minimum atomic E-state index is 0.0297. The first-order chi connectivity index (χ1) is 13.4. The van der Waals surface area contributed by atoms with E-state index < -0.39 is 0 Å². The van der Waals surface area contributed by atoms with Crippen LogP contribution in [0.1, 0.15) is 40.0 Å². The monoisotopic (exact) mass is 384 g/mol. The van der Waals surface area contributed by atoms with Crippen LogP contribution in [-0.2, 0) is 11.3 Å². The SMILES string of the molecule is CC(C)[C@@H]1CC[C@@H](C)C[C@H]1C(=O)Nc1cc(-c2ccc(O)cc2)nn1CCN. The molecule has 152 valence electrons. The average Bonchev–Trinajstić information content (AvgIpc) is 3.04. The van der Waals surface area contributed by atoms with E-state index >= 15 is 0 Å². The summed E-state index contributed by atoms with van der Waals surface area (Å²) in [5, 5.41) is 17.2. The van der Waals surface area contributed by atoms with Crippen molar-refractivity contribution < 1.29 is 9.90 Å². The summed E-state index contributed by atoms with van der Waals surface area (Å²) in [5.74, 6) is 2.49. The van der Waals surface area contributed by atoms with Crippen molar-refractivity contribution in [2.75, 3.05) is 11.9 Å². The molecule has 4 N–H and O–H groups in total. The third-order valence-corrected chi connectivity index (χ3v) is 5.89. The molecule has 2 aromatic rings. The lowest BCUT2D eigenvalue weighted by Crippen LogP contribution is -2.37. The molecule has 1 aromatic carbocycles. The number of anilines is 1. The smallest absolute Gasteiger partial charge is 0.228 e. The second kappa shape index (κ2) is 8.78. The van der Waals surface area contributed by atoms with E-state index in [1.54, 1.807) is 16.8 Å². The van der Waals surface area contributed by atoms with Crippen LogP contribution in [0.4, 0.5) is 5.82 Å². The summed E-state index contributed by atoms with van der Waals surface area (Å²) < 4.78 is 1.76. The number of aromatic nitrogens is 2. The van der Waals surface area contributed by atoms with Gasteiger partial charge >= 0.3 is 0 Å². The van der Waals surface area contributed by atoms with Crippen molar-refractivity contribution in [3.63, 3.8) is 0 Å². The number of nitrogens with one attached hydrogen (secondary N) is 1. The van der Waals surface area contributed by atoms with Crippen LogP contribution in [0.5, 0.6) is 5.75 Å². The van der Waals surface area contributed by atoms with Gasteiger partial charge in [0.05, 0.1) is 12.2 Å². The zero-order valence-corrected chi connectivity index (χ0v) is 17.1. The summed E-state index contributed by atoms with van der Waals surface area (Å²) in [6, 6.07) is 8.77. The highest BCUT2D eigenvalue weighted by atomic mass is 16.3. The number of benzene rings is 1. The van der Waals surface area contributed by atoms with Crippen molar-refractivity contribution in [3.8, 4) is 17.0 Å². The third kappa shape index (κ3) is 4.55. The Kier molecular flexibility index (Phi) is 6.39. The van der Waals surface area contributed by atoms with Gasteiger partial charge in [0.2, 0.25) is 5.91 Å². The minimum Gasteiger partial charge on any atom is -0.508 e. The molecule has 3 rings (SSSR count). The quantitative estimate of drug-likeness (QED) is 0.705. The largest absolute Gasteiger partial charge is 0.508 e. The van der Waals surface area contributed by atoms with Crippen molar-refractivity contribution in [2.24, 2.45) is 29.4 Å². The van der Waals surface area contributed by atoms with Crippen LogP contribution in [0.3, 0.4) is 0 Å². The fraction of sp³-hybridized carbons (Fsp3) is 0.545. The molecular weight excluding hydrogens is 352 g/mol. The molecular formula is C22H32N4O2. The number of aromatic hydroxyl groups is 1. The van der Waals surface area contributed by atoms with E-state index in [9.17, 15) is 9.90 Å². The summed E-state index contributed by atoms with van der Waals surface area (Å²) >= 11 is 0. The summed E-state index contributed by atoms with van der Waals surface area (Å²) in [7, 11) is 0. The van der Waals surface area contributed by atoms with E-state index in [0.29, 0.717) is 36.7 Å². The number of nitrogens with two attached hydrogens (primary N) is 1. The Morgan fingerprint density at radius 2 is 2.04 bits per heavy atom. The van der Waals surface area contributed by atoms with Crippen LogP contribution in [0.2, 0.25) is 0 Å². The number of carbonyl (C=O) groups is 1. The number of nitrogens with zero attached hydrogens (tertiary/aromatic N) is 2. The van der Waals surface area contributed by atoms with Gasteiger partial charge in [-0.1, -0.05) is 27.2 Å². The molecule has 0 saturated heterocycles. The standard InChI is InChI=1S/C22H32N4O2/c1-14(2)18-9-4-15(3)12-19(18)22(28)24-21-13-20(25-26(21)11-10-23)16-5-7-17(27)8-6-16/h5-8,13-15,18-19,27H,4,9-12,23H2,1-3H3,(H,24,28)/t15-,18+,19-/m1/s1. The van der Waals surface area contributed by atoms with E-state index in [1.807, 2.05) is 18.2 Å². The first-order valence-electron chi connectivity index (χ1n) is 10.3. The molecule has 0 radical (unpaired) electrons. The van der Waals surface area contributed by atoms with Gasteiger partial charge in [0.25, 0.3) is 0 Å². The molecule has 6 heteroatoms. The summed E-state index contributed by atoms with van der Waals surface area (Å²) in [6.07, 6.45) is 3.24. The predicted octanol–water partition coefficient (Wildman–Crippen LogP) is 3.86. The van der Waals surface area contributed by atoms with Crippen molar-refractivity contribution >= 4 is 11.7 Å². The Morgan fingerprint density at radius 3 is 2.68 bits per heavy atom. The minimum absolute atomic E-state index is 0.0297. The fourth-order valence-corrected chi connectivity index (χ4v) is 4.31. The second-order valence-corrected chi connectivity index (χ2v) is 8.40. The molecule has 0 spiro atoms. The highest BCUT2D eigenvalue weighted by molar-refractivity contribution is 5.92. The molecule has 1 aliphatic carbocycles. The van der Waals surface area contributed by atoms with Crippen LogP contribution in [0.15, 0.2) is 30.3 Å². The average molecular weight is 385 g/mol. The van der Waals surface area contributed by atoms with Crippen LogP contribution in [-0.4, -0.2) is 27.3 Å². The van der Waals surface area contributed by atoms with E-state index in [1.165, 1.54) is 6.42 Å². The van der Waals surface area contributed by atoms with Crippen molar-refractivity contribution in [1.82, 2.24) is 9.78 Å². The number of hydrogen-bond acceptors (Lipinski definition) is 4. The fourth-order valence-electron chi connectivity index (χ4n) is 4.31. The van der Waals surface area contributed by atoms with Crippen LogP contribution >= 0.6 is 0 Å². The van der Waals surface area contributed by atoms with Gasteiger partial charge in [0, 0.05) is 24.1 Å². The van der Waals surface area contributed by atoms with Gasteiger partial charge < -0.3 is 16.2 Å². The van der Waals surface area contributed by atoms with E-state index in [-0.39, 0.29) is 17.6 Å². The summed E-state index contributed by atoms with van der Waals surface area (Å²) in [5.41, 5.74) is 7.38. The van der Waals surface area contributed by atoms with Crippen LogP contribution in [0.25, 0.3) is 11.3 Å². The Bertz CT molecular complexity index is 797. The zero-order valence-electron chi connectivity index (χ0n) is 17.1. The Morgan fingerprint density at radius 1 is 1.32 bits per heavy atom. The van der Waals surface area contributed by atoms with Crippen molar-refractivity contribution in [2.45, 2.75) is 46.6 Å². The molecule has 1 amide bonds. The molecule has 0 unspecified atom stereocenters. The topological polar surface area (TPSA) is 93.2 Å². The molecule has 0 bridgehead atoms. The molecule has 1 fully saturated rings. The second-order valence-electron chi connectivity index (χ2n) is 8.40. The lowest BCUT2D eigenvalue weighted by Gasteiger charge is -2.36. The van der Waals surface area contributed by atoms with Gasteiger partial charge in [-0.05, 0) is 54.9 Å². The molecule has 1 saturated carbocycles. The van der Waals surface area contributed by atoms with Crippen LogP contribution in [0, 0.1) is 23.7 Å². The lowest BCUT2D eigenvalue weighted by molar-refractivity contribution is -0.124. The van der Waals surface area contributed by atoms with Crippen molar-refractivity contribution in [3.05, 3.63) is 30.3 Å². The van der Waals surface area contributed by atoms with Crippen molar-refractivity contribution in [1.29, 1.82) is 0 Å². The van der Waals surface area contributed by atoms with Gasteiger partial charge in [0.1, 0.15) is 11.6 Å². The van der Waals surface area contributed by atoms with E-state index in [4.69, 9.17) is 5.73 Å². The number of rotatable bonds is 6. The first kappa shape index (κ1) is 20.4. The number of phenols is 1. The Labute approximate surface area is 167 Å². The number of phenolic OH excluding ortho intramolecular Hbond substituents is 1. The van der Waals surface area contributed by atoms with Gasteiger partial charge in [-0.2, -0.15) is 5.10 Å². The molecule has 28 heavy (non-hydrogen) atoms. The maximum atomic E-state index is 13.2. The Balaban J connectivity index is 1.83. The molecule has 1 aliphatic rings.